The minimum absolute atomic E-state index is 0.826. The molecule has 1 N–H and O–H groups in total. The van der Waals surface area contributed by atoms with Gasteiger partial charge in [-0.05, 0) is 91.7 Å². The molecule has 0 aromatic rings. The average molecular weight is 520 g/mol. The molecule has 0 bridgehead atoms. The van der Waals surface area contributed by atoms with Gasteiger partial charge in [0.05, 0.1) is 0 Å². The molecule has 0 spiro atoms. The van der Waals surface area contributed by atoms with E-state index in [0.717, 1.165) is 0 Å². The molecule has 0 rings (SSSR count). The second-order valence-electron chi connectivity index (χ2n) is 9.97. The highest BCUT2D eigenvalue weighted by molar-refractivity contribution is 6.90. The lowest BCUT2D eigenvalue weighted by Gasteiger charge is -2.42. The number of hydrogen-bond acceptors (Lipinski definition) is 7. The van der Waals surface area contributed by atoms with Crippen molar-refractivity contribution >= 4 is 60.4 Å². The Hall–Kier alpha value is 1.24. The summed E-state index contributed by atoms with van der Waals surface area (Å²) in [6.45, 7) is 28.0. The summed E-state index contributed by atoms with van der Waals surface area (Å²) in [7, 11) is -15.7. The van der Waals surface area contributed by atoms with Gasteiger partial charge in [0.1, 0.15) is 0 Å². The van der Waals surface area contributed by atoms with Crippen molar-refractivity contribution in [2.75, 3.05) is 0 Å². The van der Waals surface area contributed by atoms with Crippen LogP contribution in [0, 0.1) is 0 Å². The predicted molar refractivity (Wildman–Crippen MR) is 131 cm³/mol. The summed E-state index contributed by atoms with van der Waals surface area (Å²) in [6.07, 6.45) is 0. The maximum Gasteiger partial charge on any atom is 0.320 e. The molecule has 169 valence electrons. The van der Waals surface area contributed by atoms with E-state index >= 15 is 0 Å². The molecule has 0 fully saturated rings. The van der Waals surface area contributed by atoms with Crippen LogP contribution in [-0.2, 0) is 24.7 Å². The highest BCUT2D eigenvalue weighted by Crippen LogP contribution is 2.27. The summed E-state index contributed by atoms with van der Waals surface area (Å²) in [4.78, 5) is 10.1. The zero-order valence-electron chi connectivity index (χ0n) is 20.4. The van der Waals surface area contributed by atoms with Crippen molar-refractivity contribution in [3.05, 3.63) is 0 Å². The maximum atomic E-state index is 10.1. The molecule has 0 amide bonds. The first-order valence-electron chi connectivity index (χ1n) is 9.67. The molecular formula is C14H43O7Si7. The summed E-state index contributed by atoms with van der Waals surface area (Å²) >= 11 is 0. The monoisotopic (exact) mass is 519 g/mol. The number of hydrogen-bond donors (Lipinski definition) is 1. The Morgan fingerprint density at radius 2 is 0.714 bits per heavy atom. The van der Waals surface area contributed by atoms with Gasteiger partial charge in [-0.15, -0.1) is 0 Å². The number of rotatable bonds is 12. The predicted octanol–water partition coefficient (Wildman–Crippen LogP) is 4.54. The lowest BCUT2D eigenvalue weighted by atomic mass is 11.9. The third kappa shape index (κ3) is 14.3. The van der Waals surface area contributed by atoms with Gasteiger partial charge in [0.2, 0.25) is 0 Å². The summed E-state index contributed by atoms with van der Waals surface area (Å²) in [5.74, 6) is 0. The van der Waals surface area contributed by atoms with Gasteiger partial charge in [-0.2, -0.15) is 0 Å². The third-order valence-electron chi connectivity index (χ3n) is 2.91. The SMILES string of the molecule is C[Si](C)O[Si](C)(C)O[Si](C)(C)O[Si](C)(C)O[Si](C)(C)O[Si](C)(C)O[Si](C)(C)O. The van der Waals surface area contributed by atoms with E-state index in [4.69, 9.17) is 24.7 Å². The van der Waals surface area contributed by atoms with Gasteiger partial charge < -0.3 is 29.5 Å². The molecule has 0 aliphatic heterocycles. The normalized spacial score (nSPS) is 15.4. The van der Waals surface area contributed by atoms with Crippen LogP contribution in [0.2, 0.25) is 91.7 Å². The van der Waals surface area contributed by atoms with E-state index in [-0.39, 0.29) is 0 Å². The van der Waals surface area contributed by atoms with Crippen LogP contribution < -0.4 is 0 Å². The standard InChI is InChI=1S/C14H43O7Si7/c1-22(2)16-24(5,6)18-26(9,10)20-28(13,14)21-27(11,12)19-25(7,8)17-23(3,4)15/h15H,1-14H3. The van der Waals surface area contributed by atoms with E-state index in [1.807, 2.05) is 39.3 Å². The van der Waals surface area contributed by atoms with Crippen LogP contribution in [0.15, 0.2) is 0 Å². The van der Waals surface area contributed by atoms with Gasteiger partial charge >= 0.3 is 51.4 Å². The van der Waals surface area contributed by atoms with Crippen molar-refractivity contribution < 1.29 is 29.5 Å². The van der Waals surface area contributed by atoms with E-state index in [1.165, 1.54) is 0 Å². The van der Waals surface area contributed by atoms with Crippen molar-refractivity contribution in [3.8, 4) is 0 Å². The van der Waals surface area contributed by atoms with E-state index < -0.39 is 60.4 Å². The van der Waals surface area contributed by atoms with Gasteiger partial charge in [0, 0.05) is 0 Å². The molecule has 7 nitrogen and oxygen atoms in total. The van der Waals surface area contributed by atoms with Gasteiger partial charge in [0.15, 0.2) is 9.04 Å². The fourth-order valence-corrected chi connectivity index (χ4v) is 34.0. The fraction of sp³-hybridized carbons (Fsp3) is 1.00. The van der Waals surface area contributed by atoms with Crippen LogP contribution in [0.25, 0.3) is 0 Å². The molecule has 0 heterocycles. The zero-order chi connectivity index (χ0) is 22.8. The van der Waals surface area contributed by atoms with Crippen LogP contribution in [0.5, 0.6) is 0 Å². The van der Waals surface area contributed by atoms with E-state index in [2.05, 4.69) is 39.3 Å². The second-order valence-corrected chi connectivity index (χ2v) is 33.6. The van der Waals surface area contributed by atoms with Crippen molar-refractivity contribution in [2.45, 2.75) is 91.7 Å². The Balaban J connectivity index is 5.09. The molecule has 0 aliphatic carbocycles. The lowest BCUT2D eigenvalue weighted by Crippen LogP contribution is -2.60. The Morgan fingerprint density at radius 3 is 0.964 bits per heavy atom. The first-order chi connectivity index (χ1) is 12.0. The summed E-state index contributed by atoms with van der Waals surface area (Å²) in [6, 6.07) is 0. The largest absolute Gasteiger partial charge is 0.437 e. The fourth-order valence-electron chi connectivity index (χ4n) is 3.56. The van der Waals surface area contributed by atoms with Crippen LogP contribution in [0.4, 0.5) is 0 Å². The highest BCUT2D eigenvalue weighted by Gasteiger charge is 2.47. The molecule has 0 aromatic heterocycles. The highest BCUT2D eigenvalue weighted by atomic mass is 28.5. The average Bonchev–Trinajstić information content (AvgIpc) is 2.12. The van der Waals surface area contributed by atoms with Gasteiger partial charge in [-0.25, -0.2) is 0 Å². The molecule has 0 unspecified atom stereocenters. The quantitative estimate of drug-likeness (QED) is 0.379. The minimum atomic E-state index is -2.67. The molecule has 0 aromatic carbocycles. The summed E-state index contributed by atoms with van der Waals surface area (Å²) < 4.78 is 37.7. The Bertz CT molecular complexity index is 505. The topological polar surface area (TPSA) is 75.6 Å². The molecule has 0 atom stereocenters. The lowest BCUT2D eigenvalue weighted by molar-refractivity contribution is 0.264. The molecule has 0 aliphatic rings. The van der Waals surface area contributed by atoms with Crippen molar-refractivity contribution in [1.82, 2.24) is 0 Å². The van der Waals surface area contributed by atoms with Gasteiger partial charge in [-0.1, -0.05) is 0 Å². The third-order valence-corrected chi connectivity index (χ3v) is 26.2. The van der Waals surface area contributed by atoms with Gasteiger partial charge in [-0.3, -0.25) is 0 Å². The second kappa shape index (κ2) is 9.80. The molecule has 1 radical (unpaired) electrons. The minimum Gasteiger partial charge on any atom is -0.437 e. The van der Waals surface area contributed by atoms with E-state index in [1.54, 1.807) is 13.1 Å². The Kier molecular flexibility index (Phi) is 10.2. The van der Waals surface area contributed by atoms with Crippen LogP contribution in [-0.4, -0.2) is 65.2 Å². The maximum absolute atomic E-state index is 10.1. The zero-order valence-corrected chi connectivity index (χ0v) is 27.4. The summed E-state index contributed by atoms with van der Waals surface area (Å²) in [5.41, 5.74) is 0. The van der Waals surface area contributed by atoms with Crippen LogP contribution in [0.1, 0.15) is 0 Å². The smallest absolute Gasteiger partial charge is 0.320 e. The van der Waals surface area contributed by atoms with Crippen molar-refractivity contribution in [1.29, 1.82) is 0 Å². The molecule has 0 saturated carbocycles. The Morgan fingerprint density at radius 1 is 0.464 bits per heavy atom. The van der Waals surface area contributed by atoms with Crippen LogP contribution >= 0.6 is 0 Å². The Labute approximate surface area is 181 Å². The molecule has 28 heavy (non-hydrogen) atoms. The molecule has 14 heteroatoms. The first-order valence-corrected chi connectivity index (χ1v) is 29.0. The van der Waals surface area contributed by atoms with Crippen molar-refractivity contribution in [3.63, 3.8) is 0 Å². The summed E-state index contributed by atoms with van der Waals surface area (Å²) in [5, 5.41) is 0. The van der Waals surface area contributed by atoms with Crippen molar-refractivity contribution in [2.24, 2.45) is 0 Å². The molecular weight excluding hydrogens is 477 g/mol. The van der Waals surface area contributed by atoms with E-state index in [9.17, 15) is 4.80 Å². The van der Waals surface area contributed by atoms with Crippen LogP contribution in [0.3, 0.4) is 0 Å². The molecule has 0 saturated heterocycles. The first kappa shape index (κ1) is 29.2. The van der Waals surface area contributed by atoms with E-state index in [0.29, 0.717) is 0 Å². The van der Waals surface area contributed by atoms with Gasteiger partial charge in [0.25, 0.3) is 0 Å².